The predicted molar refractivity (Wildman–Crippen MR) is 122 cm³/mol. The van der Waals surface area contributed by atoms with E-state index in [9.17, 15) is 9.59 Å². The second-order valence-corrected chi connectivity index (χ2v) is 6.80. The van der Waals surface area contributed by atoms with Gasteiger partial charge in [-0.15, -0.1) is 0 Å². The number of hydrogen-bond acceptors (Lipinski definition) is 4. The summed E-state index contributed by atoms with van der Waals surface area (Å²) in [6, 6.07) is 23.2. The smallest absolute Gasteiger partial charge is 0.258 e. The summed E-state index contributed by atoms with van der Waals surface area (Å²) in [6.07, 6.45) is 0. The maximum Gasteiger partial charge on any atom is 0.258 e. The fourth-order valence-electron chi connectivity index (χ4n) is 2.96. The summed E-state index contributed by atoms with van der Waals surface area (Å²) in [7, 11) is 1.72. The molecular weight excluding hydrogens is 392 g/mol. The molecule has 0 aromatic heterocycles. The Morgan fingerprint density at radius 2 is 1.61 bits per heavy atom. The lowest BCUT2D eigenvalue weighted by molar-refractivity contribution is 0.0990. The van der Waals surface area contributed by atoms with E-state index in [1.54, 1.807) is 60.5 Å². The lowest BCUT2D eigenvalue weighted by atomic mass is 10.1. The zero-order valence-corrected chi connectivity index (χ0v) is 17.7. The molecule has 0 spiro atoms. The van der Waals surface area contributed by atoms with Gasteiger partial charge < -0.3 is 19.7 Å². The molecule has 3 aromatic carbocycles. The Morgan fingerprint density at radius 1 is 0.871 bits per heavy atom. The molecule has 6 heteroatoms. The normalized spacial score (nSPS) is 10.4. The van der Waals surface area contributed by atoms with Gasteiger partial charge in [-0.25, -0.2) is 0 Å². The van der Waals surface area contributed by atoms with E-state index in [4.69, 9.17) is 9.47 Å². The number of ether oxygens (including phenoxy) is 2. The number of anilines is 2. The minimum absolute atomic E-state index is 0.157. The van der Waals surface area contributed by atoms with Gasteiger partial charge in [-0.1, -0.05) is 24.3 Å². The minimum atomic E-state index is -0.262. The van der Waals surface area contributed by atoms with Crippen LogP contribution in [0.4, 0.5) is 11.4 Å². The first kappa shape index (κ1) is 22.1. The SMILES string of the molecule is CCOCCOc1ccc(C(=O)Nc2cccc(C(=O)N(C)c3ccccc3)c2)cc1. The van der Waals surface area contributed by atoms with E-state index in [-0.39, 0.29) is 11.8 Å². The molecule has 0 aliphatic heterocycles. The van der Waals surface area contributed by atoms with Gasteiger partial charge in [0.05, 0.1) is 6.61 Å². The van der Waals surface area contributed by atoms with Crippen molar-refractivity contribution in [1.82, 2.24) is 0 Å². The standard InChI is InChI=1S/C25H26N2O4/c1-3-30-16-17-31-23-14-12-19(13-15-23)24(28)26-21-9-7-8-20(18-21)25(29)27(2)22-10-5-4-6-11-22/h4-15,18H,3,16-17H2,1-2H3,(H,26,28). The number of nitrogens with one attached hydrogen (secondary N) is 1. The molecule has 160 valence electrons. The van der Waals surface area contributed by atoms with Crippen molar-refractivity contribution in [1.29, 1.82) is 0 Å². The molecule has 0 saturated carbocycles. The van der Waals surface area contributed by atoms with Crippen LogP contribution in [0.5, 0.6) is 5.75 Å². The molecule has 1 N–H and O–H groups in total. The van der Waals surface area contributed by atoms with Gasteiger partial charge in [0.25, 0.3) is 11.8 Å². The highest BCUT2D eigenvalue weighted by atomic mass is 16.5. The van der Waals surface area contributed by atoms with Gasteiger partial charge in [-0.2, -0.15) is 0 Å². The summed E-state index contributed by atoms with van der Waals surface area (Å²) >= 11 is 0. The highest BCUT2D eigenvalue weighted by Gasteiger charge is 2.14. The van der Waals surface area contributed by atoms with Crippen LogP contribution in [0.3, 0.4) is 0 Å². The number of rotatable bonds is 9. The molecule has 2 amide bonds. The molecule has 0 fully saturated rings. The number of carbonyl (C=O) groups is 2. The molecule has 0 radical (unpaired) electrons. The average Bonchev–Trinajstić information content (AvgIpc) is 2.82. The Labute approximate surface area is 182 Å². The first-order valence-electron chi connectivity index (χ1n) is 10.1. The van der Waals surface area contributed by atoms with E-state index in [0.717, 1.165) is 5.69 Å². The second kappa shape index (κ2) is 10.9. The third-order valence-corrected chi connectivity index (χ3v) is 4.63. The van der Waals surface area contributed by atoms with Crippen LogP contribution in [-0.2, 0) is 4.74 Å². The quantitative estimate of drug-likeness (QED) is 0.515. The molecule has 3 rings (SSSR count). The summed E-state index contributed by atoms with van der Waals surface area (Å²) in [6.45, 7) is 3.56. The van der Waals surface area contributed by atoms with E-state index in [2.05, 4.69) is 5.32 Å². The highest BCUT2D eigenvalue weighted by Crippen LogP contribution is 2.19. The molecule has 3 aromatic rings. The largest absolute Gasteiger partial charge is 0.491 e. The molecule has 31 heavy (non-hydrogen) atoms. The van der Waals surface area contributed by atoms with E-state index >= 15 is 0 Å². The monoisotopic (exact) mass is 418 g/mol. The number of nitrogens with zero attached hydrogens (tertiary/aromatic N) is 1. The first-order valence-corrected chi connectivity index (χ1v) is 10.1. The van der Waals surface area contributed by atoms with Crippen LogP contribution in [0.25, 0.3) is 0 Å². The van der Waals surface area contributed by atoms with E-state index < -0.39 is 0 Å². The fraction of sp³-hybridized carbons (Fsp3) is 0.200. The summed E-state index contributed by atoms with van der Waals surface area (Å²) in [5, 5.41) is 2.84. The summed E-state index contributed by atoms with van der Waals surface area (Å²) in [5.74, 6) is 0.255. The molecule has 0 aliphatic rings. The Kier molecular flexibility index (Phi) is 7.79. The fourth-order valence-corrected chi connectivity index (χ4v) is 2.96. The van der Waals surface area contributed by atoms with Crippen molar-refractivity contribution in [3.8, 4) is 5.75 Å². The number of hydrogen-bond donors (Lipinski definition) is 1. The van der Waals surface area contributed by atoms with Crippen molar-refractivity contribution in [2.75, 3.05) is 37.1 Å². The second-order valence-electron chi connectivity index (χ2n) is 6.80. The lowest BCUT2D eigenvalue weighted by Crippen LogP contribution is -2.26. The van der Waals surface area contributed by atoms with Crippen LogP contribution in [0, 0.1) is 0 Å². The molecule has 0 unspecified atom stereocenters. The summed E-state index contributed by atoms with van der Waals surface area (Å²) < 4.78 is 10.8. The van der Waals surface area contributed by atoms with Gasteiger partial charge in [0.15, 0.2) is 0 Å². The lowest BCUT2D eigenvalue weighted by Gasteiger charge is -2.17. The van der Waals surface area contributed by atoms with Gasteiger partial charge >= 0.3 is 0 Å². The molecular formula is C25H26N2O4. The van der Waals surface area contributed by atoms with Crippen molar-refractivity contribution in [2.45, 2.75) is 6.92 Å². The highest BCUT2D eigenvalue weighted by molar-refractivity contribution is 6.08. The molecule has 0 heterocycles. The average molecular weight is 418 g/mol. The van der Waals surface area contributed by atoms with Crippen LogP contribution in [0.15, 0.2) is 78.9 Å². The number of para-hydroxylation sites is 1. The number of amides is 2. The maximum atomic E-state index is 12.8. The molecule has 0 saturated heterocycles. The zero-order valence-electron chi connectivity index (χ0n) is 17.7. The van der Waals surface area contributed by atoms with Crippen LogP contribution >= 0.6 is 0 Å². The van der Waals surface area contributed by atoms with Crippen LogP contribution in [-0.4, -0.2) is 38.7 Å². The number of benzene rings is 3. The van der Waals surface area contributed by atoms with E-state index in [1.165, 1.54) is 0 Å². The van der Waals surface area contributed by atoms with Crippen LogP contribution in [0.2, 0.25) is 0 Å². The molecule has 6 nitrogen and oxygen atoms in total. The zero-order chi connectivity index (χ0) is 22.1. The van der Waals surface area contributed by atoms with Gasteiger partial charge in [0, 0.05) is 36.2 Å². The Hall–Kier alpha value is -3.64. The minimum Gasteiger partial charge on any atom is -0.491 e. The van der Waals surface area contributed by atoms with Crippen molar-refractivity contribution in [3.05, 3.63) is 90.0 Å². The maximum absolute atomic E-state index is 12.8. The van der Waals surface area contributed by atoms with E-state index in [1.807, 2.05) is 37.3 Å². The van der Waals surface area contributed by atoms with Gasteiger partial charge in [0.1, 0.15) is 12.4 Å². The van der Waals surface area contributed by atoms with Crippen LogP contribution in [0.1, 0.15) is 27.6 Å². The molecule has 0 bridgehead atoms. The molecule has 0 atom stereocenters. The van der Waals surface area contributed by atoms with Crippen molar-refractivity contribution >= 4 is 23.2 Å². The van der Waals surface area contributed by atoms with Crippen molar-refractivity contribution < 1.29 is 19.1 Å². The Bertz CT molecular complexity index is 1000. The number of carbonyl (C=O) groups excluding carboxylic acids is 2. The van der Waals surface area contributed by atoms with Gasteiger partial charge in [-0.3, -0.25) is 9.59 Å². The topological polar surface area (TPSA) is 67.9 Å². The van der Waals surface area contributed by atoms with Gasteiger partial charge in [-0.05, 0) is 61.5 Å². The summed E-state index contributed by atoms with van der Waals surface area (Å²) in [4.78, 5) is 27.0. The van der Waals surface area contributed by atoms with Crippen molar-refractivity contribution in [2.24, 2.45) is 0 Å². The first-order chi connectivity index (χ1) is 15.1. The summed E-state index contributed by atoms with van der Waals surface area (Å²) in [5.41, 5.74) is 2.33. The predicted octanol–water partition coefficient (Wildman–Crippen LogP) is 4.63. The van der Waals surface area contributed by atoms with E-state index in [0.29, 0.717) is 42.4 Å². The van der Waals surface area contributed by atoms with Crippen LogP contribution < -0.4 is 15.0 Å². The third-order valence-electron chi connectivity index (χ3n) is 4.63. The third kappa shape index (κ3) is 6.17. The molecule has 0 aliphatic carbocycles. The Morgan fingerprint density at radius 3 is 2.32 bits per heavy atom. The van der Waals surface area contributed by atoms with Gasteiger partial charge in [0.2, 0.25) is 0 Å². The van der Waals surface area contributed by atoms with Crippen molar-refractivity contribution in [3.63, 3.8) is 0 Å². The Balaban J connectivity index is 1.62.